The van der Waals surface area contributed by atoms with Gasteiger partial charge in [0.1, 0.15) is 5.54 Å². The second-order valence-corrected chi connectivity index (χ2v) is 4.48. The second kappa shape index (κ2) is 4.30. The summed E-state index contributed by atoms with van der Waals surface area (Å²) in [6.45, 7) is 7.16. The van der Waals surface area contributed by atoms with Gasteiger partial charge in [0.25, 0.3) is 0 Å². The first kappa shape index (κ1) is 11.5. The Balaban J connectivity index is 2.89. The Bertz CT molecular complexity index is 215. The molecule has 0 amide bonds. The predicted octanol–water partition coefficient (Wildman–Crippen LogP) is 2.11. The zero-order chi connectivity index (χ0) is 10.8. The van der Waals surface area contributed by atoms with Crippen molar-refractivity contribution in [1.82, 2.24) is 4.90 Å². The lowest BCUT2D eigenvalue weighted by Crippen LogP contribution is -2.53. The maximum Gasteiger partial charge on any atom is 0.324 e. The van der Waals surface area contributed by atoms with Crippen molar-refractivity contribution in [2.75, 3.05) is 6.54 Å². The van der Waals surface area contributed by atoms with Crippen LogP contribution in [0.3, 0.4) is 0 Å². The van der Waals surface area contributed by atoms with Gasteiger partial charge >= 0.3 is 5.97 Å². The van der Waals surface area contributed by atoms with Crippen LogP contribution >= 0.6 is 0 Å². The zero-order valence-corrected chi connectivity index (χ0v) is 9.42. The van der Waals surface area contributed by atoms with Crippen molar-refractivity contribution in [3.63, 3.8) is 0 Å². The molecule has 0 radical (unpaired) electrons. The van der Waals surface area contributed by atoms with Gasteiger partial charge in [0.05, 0.1) is 0 Å². The number of hydrogen-bond acceptors (Lipinski definition) is 2. The summed E-state index contributed by atoms with van der Waals surface area (Å²) in [5.41, 5.74) is -0.567. The lowest BCUT2D eigenvalue weighted by Gasteiger charge is -2.37. The molecule has 0 aliphatic carbocycles. The highest BCUT2D eigenvalue weighted by Gasteiger charge is 2.47. The van der Waals surface area contributed by atoms with Gasteiger partial charge in [-0.15, -0.1) is 0 Å². The number of nitrogens with zero attached hydrogens (tertiary/aromatic N) is 1. The molecule has 0 aromatic carbocycles. The molecule has 1 aliphatic heterocycles. The zero-order valence-electron chi connectivity index (χ0n) is 9.42. The van der Waals surface area contributed by atoms with E-state index in [1.165, 1.54) is 0 Å². The minimum Gasteiger partial charge on any atom is -0.480 e. The van der Waals surface area contributed by atoms with E-state index < -0.39 is 11.5 Å². The van der Waals surface area contributed by atoms with Crippen LogP contribution in [0, 0.1) is 0 Å². The molecule has 0 saturated carbocycles. The minimum atomic E-state index is -0.634. The van der Waals surface area contributed by atoms with Crippen LogP contribution in [-0.2, 0) is 4.79 Å². The number of carboxylic acid groups (broad SMARTS) is 1. The highest BCUT2D eigenvalue weighted by atomic mass is 16.4. The monoisotopic (exact) mass is 199 g/mol. The van der Waals surface area contributed by atoms with E-state index in [4.69, 9.17) is 0 Å². The first-order chi connectivity index (χ1) is 6.54. The largest absolute Gasteiger partial charge is 0.480 e. The molecule has 1 N–H and O–H groups in total. The minimum absolute atomic E-state index is 0.333. The molecule has 0 aromatic heterocycles. The fourth-order valence-corrected chi connectivity index (χ4v) is 2.67. The lowest BCUT2D eigenvalue weighted by atomic mass is 9.90. The third-order valence-corrected chi connectivity index (χ3v) is 3.22. The fourth-order valence-electron chi connectivity index (χ4n) is 2.67. The molecule has 3 nitrogen and oxygen atoms in total. The summed E-state index contributed by atoms with van der Waals surface area (Å²) in [5.74, 6) is -0.634. The molecule has 1 unspecified atom stereocenters. The molecule has 0 spiro atoms. The maximum absolute atomic E-state index is 11.4. The van der Waals surface area contributed by atoms with Crippen LogP contribution in [-0.4, -0.2) is 34.1 Å². The number of carboxylic acids is 1. The van der Waals surface area contributed by atoms with E-state index in [1.54, 1.807) is 0 Å². The van der Waals surface area contributed by atoms with Gasteiger partial charge in [-0.1, -0.05) is 13.3 Å². The van der Waals surface area contributed by atoms with Gasteiger partial charge in [0, 0.05) is 6.04 Å². The molecule has 82 valence electrons. The number of aliphatic carboxylic acids is 1. The third-order valence-electron chi connectivity index (χ3n) is 3.22. The van der Waals surface area contributed by atoms with Crippen molar-refractivity contribution in [3.8, 4) is 0 Å². The Hall–Kier alpha value is -0.570. The van der Waals surface area contributed by atoms with Crippen LogP contribution in [0.4, 0.5) is 0 Å². The average molecular weight is 199 g/mol. The van der Waals surface area contributed by atoms with Gasteiger partial charge in [0.2, 0.25) is 0 Å². The number of carbonyl (C=O) groups is 1. The van der Waals surface area contributed by atoms with Crippen LogP contribution in [0.15, 0.2) is 0 Å². The van der Waals surface area contributed by atoms with Crippen molar-refractivity contribution in [1.29, 1.82) is 0 Å². The molecule has 0 bridgehead atoms. The highest BCUT2D eigenvalue weighted by molar-refractivity contribution is 5.79. The van der Waals surface area contributed by atoms with Crippen molar-refractivity contribution in [3.05, 3.63) is 0 Å². The highest BCUT2D eigenvalue weighted by Crippen LogP contribution is 2.35. The summed E-state index contributed by atoms with van der Waals surface area (Å²) in [4.78, 5) is 13.5. The topological polar surface area (TPSA) is 40.5 Å². The van der Waals surface area contributed by atoms with Gasteiger partial charge in [-0.25, -0.2) is 0 Å². The van der Waals surface area contributed by atoms with Crippen LogP contribution in [0.25, 0.3) is 0 Å². The Morgan fingerprint density at radius 2 is 2.21 bits per heavy atom. The van der Waals surface area contributed by atoms with E-state index in [0.717, 1.165) is 32.2 Å². The average Bonchev–Trinajstić information content (AvgIpc) is 2.50. The van der Waals surface area contributed by atoms with Gasteiger partial charge in [-0.2, -0.15) is 0 Å². The molecule has 1 atom stereocenters. The summed E-state index contributed by atoms with van der Waals surface area (Å²) in [5, 5.41) is 9.37. The standard InChI is InChI=1S/C11H21NO2/c1-4-6-11(10(13)14)7-5-8-12(11)9(2)3/h9H,4-8H2,1-3H3,(H,13,14). The van der Waals surface area contributed by atoms with Crippen molar-refractivity contribution < 1.29 is 9.90 Å². The van der Waals surface area contributed by atoms with Crippen LogP contribution in [0.5, 0.6) is 0 Å². The number of likely N-dealkylation sites (tertiary alicyclic amines) is 1. The Morgan fingerprint density at radius 1 is 1.57 bits per heavy atom. The maximum atomic E-state index is 11.4. The quantitative estimate of drug-likeness (QED) is 0.754. The molecular formula is C11H21NO2. The fraction of sp³-hybridized carbons (Fsp3) is 0.909. The first-order valence-electron chi connectivity index (χ1n) is 5.54. The summed E-state index contributed by atoms with van der Waals surface area (Å²) in [6, 6.07) is 0.333. The van der Waals surface area contributed by atoms with E-state index in [-0.39, 0.29) is 0 Å². The molecular weight excluding hydrogens is 178 g/mol. The normalized spacial score (nSPS) is 28.6. The Kier molecular flexibility index (Phi) is 3.53. The Labute approximate surface area is 86.1 Å². The summed E-state index contributed by atoms with van der Waals surface area (Å²) >= 11 is 0. The molecule has 1 saturated heterocycles. The van der Waals surface area contributed by atoms with Gasteiger partial charge in [-0.05, 0) is 39.7 Å². The van der Waals surface area contributed by atoms with Crippen LogP contribution < -0.4 is 0 Å². The summed E-state index contributed by atoms with van der Waals surface area (Å²) in [6.07, 6.45) is 3.55. The molecule has 1 rings (SSSR count). The molecule has 3 heteroatoms. The lowest BCUT2D eigenvalue weighted by molar-refractivity contribution is -0.151. The van der Waals surface area contributed by atoms with E-state index in [9.17, 15) is 9.90 Å². The van der Waals surface area contributed by atoms with Gasteiger partial charge in [0.15, 0.2) is 0 Å². The van der Waals surface area contributed by atoms with Crippen LogP contribution in [0.1, 0.15) is 46.5 Å². The SMILES string of the molecule is CCCC1(C(=O)O)CCCN1C(C)C. The molecule has 0 aromatic rings. The van der Waals surface area contributed by atoms with E-state index in [0.29, 0.717) is 6.04 Å². The molecule has 1 heterocycles. The summed E-state index contributed by atoms with van der Waals surface area (Å²) < 4.78 is 0. The second-order valence-electron chi connectivity index (χ2n) is 4.48. The molecule has 1 aliphatic rings. The number of hydrogen-bond donors (Lipinski definition) is 1. The smallest absolute Gasteiger partial charge is 0.324 e. The van der Waals surface area contributed by atoms with Crippen molar-refractivity contribution >= 4 is 5.97 Å². The van der Waals surface area contributed by atoms with E-state index in [1.807, 2.05) is 0 Å². The molecule has 1 fully saturated rings. The van der Waals surface area contributed by atoms with Crippen molar-refractivity contribution in [2.24, 2.45) is 0 Å². The van der Waals surface area contributed by atoms with Gasteiger partial charge < -0.3 is 5.11 Å². The molecule has 14 heavy (non-hydrogen) atoms. The Morgan fingerprint density at radius 3 is 2.64 bits per heavy atom. The van der Waals surface area contributed by atoms with E-state index >= 15 is 0 Å². The third kappa shape index (κ3) is 1.78. The van der Waals surface area contributed by atoms with Crippen LogP contribution in [0.2, 0.25) is 0 Å². The van der Waals surface area contributed by atoms with Crippen molar-refractivity contribution in [2.45, 2.75) is 58.0 Å². The first-order valence-corrected chi connectivity index (χ1v) is 5.54. The van der Waals surface area contributed by atoms with E-state index in [2.05, 4.69) is 25.7 Å². The number of rotatable bonds is 4. The predicted molar refractivity (Wildman–Crippen MR) is 56.4 cm³/mol. The van der Waals surface area contributed by atoms with Gasteiger partial charge in [-0.3, -0.25) is 9.69 Å². The summed E-state index contributed by atoms with van der Waals surface area (Å²) in [7, 11) is 0.